The molecule has 1 amide bonds. The molecule has 1 aliphatic rings. The molecule has 1 aliphatic heterocycles. The van der Waals surface area contributed by atoms with Crippen LogP contribution >= 0.6 is 0 Å². The highest BCUT2D eigenvalue weighted by Gasteiger charge is 2.47. The number of ether oxygens (including phenoxy) is 2. The Morgan fingerprint density at radius 2 is 1.90 bits per heavy atom. The lowest BCUT2D eigenvalue weighted by atomic mass is 10.0. The number of β-lactam (4-membered cyclic amide) rings is 1. The van der Waals surface area contributed by atoms with Crippen LogP contribution in [-0.4, -0.2) is 29.6 Å². The van der Waals surface area contributed by atoms with Gasteiger partial charge in [-0.25, -0.2) is 4.79 Å². The van der Waals surface area contributed by atoms with Gasteiger partial charge < -0.3 is 14.8 Å². The van der Waals surface area contributed by atoms with E-state index < -0.39 is 23.7 Å². The van der Waals surface area contributed by atoms with E-state index in [2.05, 4.69) is 5.32 Å². The van der Waals surface area contributed by atoms with Crippen LogP contribution in [-0.2, 0) is 25.7 Å². The van der Waals surface area contributed by atoms with Crippen molar-refractivity contribution < 1.29 is 19.1 Å². The third-order valence-electron chi connectivity index (χ3n) is 2.79. The SMILES string of the molecule is CC(C)(C)OC(=O)[C@H]1NC(=O)[C@H]1OCc1ccccc1. The van der Waals surface area contributed by atoms with Crippen molar-refractivity contribution in [2.24, 2.45) is 0 Å². The van der Waals surface area contributed by atoms with Gasteiger partial charge in [-0.2, -0.15) is 0 Å². The molecule has 5 heteroatoms. The van der Waals surface area contributed by atoms with E-state index in [1.807, 2.05) is 30.3 Å². The first-order valence-electron chi connectivity index (χ1n) is 6.55. The van der Waals surface area contributed by atoms with Crippen molar-refractivity contribution in [3.63, 3.8) is 0 Å². The first kappa shape index (κ1) is 14.5. The minimum Gasteiger partial charge on any atom is -0.458 e. The van der Waals surface area contributed by atoms with Crippen LogP contribution in [0, 0.1) is 0 Å². The molecule has 0 radical (unpaired) electrons. The highest BCUT2D eigenvalue weighted by molar-refractivity contribution is 5.99. The third-order valence-corrected chi connectivity index (χ3v) is 2.79. The largest absolute Gasteiger partial charge is 0.458 e. The van der Waals surface area contributed by atoms with Crippen molar-refractivity contribution in [3.05, 3.63) is 35.9 Å². The first-order chi connectivity index (χ1) is 9.37. The quantitative estimate of drug-likeness (QED) is 0.667. The molecule has 0 saturated carbocycles. The van der Waals surface area contributed by atoms with E-state index in [1.165, 1.54) is 0 Å². The molecule has 1 aromatic rings. The average molecular weight is 277 g/mol. The molecular weight excluding hydrogens is 258 g/mol. The maximum Gasteiger partial charge on any atom is 0.332 e. The summed E-state index contributed by atoms with van der Waals surface area (Å²) in [5.74, 6) is -0.744. The molecule has 108 valence electrons. The fourth-order valence-corrected chi connectivity index (χ4v) is 1.85. The number of carbonyl (C=O) groups excluding carboxylic acids is 2. The molecule has 0 spiro atoms. The van der Waals surface area contributed by atoms with Crippen molar-refractivity contribution in [2.75, 3.05) is 0 Å². The van der Waals surface area contributed by atoms with E-state index in [9.17, 15) is 9.59 Å². The van der Waals surface area contributed by atoms with Gasteiger partial charge in [0.25, 0.3) is 5.91 Å². The summed E-state index contributed by atoms with van der Waals surface area (Å²) in [6.45, 7) is 5.64. The lowest BCUT2D eigenvalue weighted by Gasteiger charge is -2.36. The van der Waals surface area contributed by atoms with Crippen LogP contribution < -0.4 is 5.32 Å². The summed E-state index contributed by atoms with van der Waals surface area (Å²) in [5, 5.41) is 2.51. The summed E-state index contributed by atoms with van der Waals surface area (Å²) < 4.78 is 10.8. The van der Waals surface area contributed by atoms with Gasteiger partial charge in [0.1, 0.15) is 5.60 Å². The zero-order chi connectivity index (χ0) is 14.8. The van der Waals surface area contributed by atoms with Crippen LogP contribution in [0.2, 0.25) is 0 Å². The molecule has 2 rings (SSSR count). The van der Waals surface area contributed by atoms with Crippen LogP contribution in [0.15, 0.2) is 30.3 Å². The number of hydrogen-bond acceptors (Lipinski definition) is 4. The van der Waals surface area contributed by atoms with E-state index in [-0.39, 0.29) is 12.5 Å². The number of nitrogens with one attached hydrogen (secondary N) is 1. The van der Waals surface area contributed by atoms with Gasteiger partial charge in [-0.15, -0.1) is 0 Å². The van der Waals surface area contributed by atoms with Gasteiger partial charge in [0, 0.05) is 0 Å². The summed E-state index contributed by atoms with van der Waals surface area (Å²) in [6.07, 6.45) is -0.773. The minimum absolute atomic E-state index is 0.281. The molecule has 20 heavy (non-hydrogen) atoms. The summed E-state index contributed by atoms with van der Waals surface area (Å²) >= 11 is 0. The van der Waals surface area contributed by atoms with Gasteiger partial charge in [-0.3, -0.25) is 4.79 Å². The summed E-state index contributed by atoms with van der Waals surface area (Å²) in [6, 6.07) is 8.78. The second kappa shape index (κ2) is 5.63. The third kappa shape index (κ3) is 3.57. The summed E-state index contributed by atoms with van der Waals surface area (Å²) in [7, 11) is 0. The van der Waals surface area contributed by atoms with Gasteiger partial charge in [-0.05, 0) is 26.3 Å². The lowest BCUT2D eigenvalue weighted by molar-refractivity contribution is -0.175. The second-order valence-electron chi connectivity index (χ2n) is 5.74. The van der Waals surface area contributed by atoms with Crippen LogP contribution in [0.4, 0.5) is 0 Å². The van der Waals surface area contributed by atoms with Crippen LogP contribution in [0.25, 0.3) is 0 Å². The smallest absolute Gasteiger partial charge is 0.332 e. The van der Waals surface area contributed by atoms with Crippen LogP contribution in [0.3, 0.4) is 0 Å². The number of amides is 1. The van der Waals surface area contributed by atoms with Gasteiger partial charge in [0.05, 0.1) is 6.61 Å². The van der Waals surface area contributed by atoms with Crippen molar-refractivity contribution in [1.29, 1.82) is 0 Å². The average Bonchev–Trinajstić information content (AvgIpc) is 2.35. The molecule has 2 atom stereocenters. The topological polar surface area (TPSA) is 64.6 Å². The van der Waals surface area contributed by atoms with Crippen molar-refractivity contribution in [1.82, 2.24) is 5.32 Å². The molecule has 1 N–H and O–H groups in total. The Balaban J connectivity index is 1.90. The zero-order valence-corrected chi connectivity index (χ0v) is 11.9. The van der Waals surface area contributed by atoms with Gasteiger partial charge in [0.2, 0.25) is 0 Å². The highest BCUT2D eigenvalue weighted by Crippen LogP contribution is 2.18. The maximum atomic E-state index is 11.9. The molecule has 1 fully saturated rings. The van der Waals surface area contributed by atoms with Crippen molar-refractivity contribution in [3.8, 4) is 0 Å². The molecule has 0 bridgehead atoms. The molecule has 0 aromatic heterocycles. The molecule has 1 heterocycles. The second-order valence-corrected chi connectivity index (χ2v) is 5.74. The predicted molar refractivity (Wildman–Crippen MR) is 72.8 cm³/mol. The Bertz CT molecular complexity index is 492. The Hall–Kier alpha value is -1.88. The normalized spacial score (nSPS) is 21.9. The fraction of sp³-hybridized carbons (Fsp3) is 0.467. The summed E-state index contributed by atoms with van der Waals surface area (Å²) in [5.41, 5.74) is 0.372. The van der Waals surface area contributed by atoms with E-state index in [0.29, 0.717) is 0 Å². The molecule has 5 nitrogen and oxygen atoms in total. The number of benzene rings is 1. The van der Waals surface area contributed by atoms with Gasteiger partial charge >= 0.3 is 5.97 Å². The number of hydrogen-bond donors (Lipinski definition) is 1. The Morgan fingerprint density at radius 3 is 2.45 bits per heavy atom. The standard InChI is InChI=1S/C15H19NO4/c1-15(2,3)20-14(18)11-12(13(17)16-11)19-9-10-7-5-4-6-8-10/h4-8,11-12H,9H2,1-3H3,(H,16,17)/t11-,12-/m0/s1. The Kier molecular flexibility index (Phi) is 4.09. The van der Waals surface area contributed by atoms with Gasteiger partial charge in [0.15, 0.2) is 12.1 Å². The zero-order valence-electron chi connectivity index (χ0n) is 11.9. The minimum atomic E-state index is -0.773. The van der Waals surface area contributed by atoms with Crippen molar-refractivity contribution >= 4 is 11.9 Å². The highest BCUT2D eigenvalue weighted by atomic mass is 16.6. The van der Waals surface area contributed by atoms with E-state index >= 15 is 0 Å². The first-order valence-corrected chi connectivity index (χ1v) is 6.55. The predicted octanol–water partition coefficient (Wildman–Crippen LogP) is 1.41. The number of rotatable bonds is 4. The number of carbonyl (C=O) groups is 2. The fourth-order valence-electron chi connectivity index (χ4n) is 1.85. The van der Waals surface area contributed by atoms with E-state index in [4.69, 9.17) is 9.47 Å². The Labute approximate surface area is 118 Å². The molecule has 1 saturated heterocycles. The molecule has 0 aliphatic carbocycles. The van der Waals surface area contributed by atoms with Crippen molar-refractivity contribution in [2.45, 2.75) is 45.1 Å². The van der Waals surface area contributed by atoms with E-state index in [1.54, 1.807) is 20.8 Å². The van der Waals surface area contributed by atoms with Crippen LogP contribution in [0.1, 0.15) is 26.3 Å². The maximum absolute atomic E-state index is 11.9. The van der Waals surface area contributed by atoms with Crippen LogP contribution in [0.5, 0.6) is 0 Å². The van der Waals surface area contributed by atoms with Gasteiger partial charge in [-0.1, -0.05) is 30.3 Å². The molecular formula is C15H19NO4. The summed E-state index contributed by atoms with van der Waals surface area (Å²) in [4.78, 5) is 23.4. The Morgan fingerprint density at radius 1 is 1.25 bits per heavy atom. The number of esters is 1. The molecule has 1 aromatic carbocycles. The van der Waals surface area contributed by atoms with E-state index in [0.717, 1.165) is 5.56 Å². The molecule has 0 unspecified atom stereocenters. The monoisotopic (exact) mass is 277 g/mol. The lowest BCUT2D eigenvalue weighted by Crippen LogP contribution is -2.67.